The van der Waals surface area contributed by atoms with E-state index in [2.05, 4.69) is 38.8 Å². The molecule has 0 aliphatic heterocycles. The molecule has 34 heavy (non-hydrogen) atoms. The fraction of sp³-hybridized carbons (Fsp3) is 0.519. The van der Waals surface area contributed by atoms with Gasteiger partial charge in [-0.15, -0.1) is 0 Å². The standard InChI is InChI=1S/C27H39NO5Si/c1-18(32-19(2)29)22-14-13-21-12-11-20(17-23(21)28-22)15-16-27(8,24(30)31)26(6,7)33-34(9,10)25(3,4)5/h11-18H,1-10H3,(H,30,31)/t18-,27?/m1/s1. The van der Waals surface area contributed by atoms with Gasteiger partial charge in [0.05, 0.1) is 16.8 Å². The zero-order valence-electron chi connectivity index (χ0n) is 22.1. The third-order valence-corrected chi connectivity index (χ3v) is 11.8. The van der Waals surface area contributed by atoms with E-state index in [1.54, 1.807) is 19.9 Å². The summed E-state index contributed by atoms with van der Waals surface area (Å²) in [4.78, 5) is 28.4. The van der Waals surface area contributed by atoms with Gasteiger partial charge in [-0.3, -0.25) is 9.59 Å². The van der Waals surface area contributed by atoms with Crippen LogP contribution in [0, 0.1) is 5.41 Å². The smallest absolute Gasteiger partial charge is 0.316 e. The number of carboxylic acid groups (broad SMARTS) is 1. The summed E-state index contributed by atoms with van der Waals surface area (Å²) in [6, 6.07) is 9.55. The maximum Gasteiger partial charge on any atom is 0.316 e. The van der Waals surface area contributed by atoms with Gasteiger partial charge < -0.3 is 14.3 Å². The lowest BCUT2D eigenvalue weighted by Crippen LogP contribution is -2.56. The molecule has 0 saturated carbocycles. The second-order valence-corrected chi connectivity index (χ2v) is 15.9. The predicted octanol–water partition coefficient (Wildman–Crippen LogP) is 6.76. The molecule has 0 spiro atoms. The van der Waals surface area contributed by atoms with Crippen molar-refractivity contribution < 1.29 is 23.9 Å². The molecule has 1 aromatic carbocycles. The second-order valence-electron chi connectivity index (χ2n) is 11.2. The summed E-state index contributed by atoms with van der Waals surface area (Å²) in [6.45, 7) is 19.3. The van der Waals surface area contributed by atoms with Crippen molar-refractivity contribution in [3.05, 3.63) is 47.7 Å². The van der Waals surface area contributed by atoms with Crippen molar-refractivity contribution in [2.75, 3.05) is 0 Å². The van der Waals surface area contributed by atoms with Crippen LogP contribution in [0.5, 0.6) is 0 Å². The van der Waals surface area contributed by atoms with Crippen LogP contribution in [-0.2, 0) is 18.8 Å². The van der Waals surface area contributed by atoms with Crippen LogP contribution >= 0.6 is 0 Å². The van der Waals surface area contributed by atoms with Crippen molar-refractivity contribution in [2.45, 2.75) is 85.2 Å². The summed E-state index contributed by atoms with van der Waals surface area (Å²) in [5.41, 5.74) is 0.0416. The molecular weight excluding hydrogens is 446 g/mol. The van der Waals surface area contributed by atoms with Crippen molar-refractivity contribution in [1.29, 1.82) is 0 Å². The molecule has 7 heteroatoms. The summed E-state index contributed by atoms with van der Waals surface area (Å²) in [5, 5.41) is 11.1. The average molecular weight is 486 g/mol. The van der Waals surface area contributed by atoms with E-state index >= 15 is 0 Å². The maximum absolute atomic E-state index is 12.5. The van der Waals surface area contributed by atoms with Crippen LogP contribution in [0.25, 0.3) is 17.0 Å². The van der Waals surface area contributed by atoms with Gasteiger partial charge in [-0.05, 0) is 63.5 Å². The van der Waals surface area contributed by atoms with Gasteiger partial charge in [-0.1, -0.05) is 51.1 Å². The first kappa shape index (κ1) is 27.7. The lowest BCUT2D eigenvalue weighted by atomic mass is 9.75. The number of hydrogen-bond donors (Lipinski definition) is 1. The van der Waals surface area contributed by atoms with Crippen LogP contribution in [0.3, 0.4) is 0 Å². The van der Waals surface area contributed by atoms with Crippen LogP contribution in [0.15, 0.2) is 36.4 Å². The van der Waals surface area contributed by atoms with Gasteiger partial charge in [0.1, 0.15) is 11.5 Å². The van der Waals surface area contributed by atoms with Gasteiger partial charge in [-0.25, -0.2) is 4.98 Å². The number of rotatable bonds is 8. The SMILES string of the molecule is CC(=O)O[C@H](C)c1ccc2ccc(C=CC(C)(C(=O)O)C(C)(C)O[Si](C)(C)C(C)(C)C)cc2n1. The Hall–Kier alpha value is -2.51. The highest BCUT2D eigenvalue weighted by Gasteiger charge is 2.51. The highest BCUT2D eigenvalue weighted by molar-refractivity contribution is 6.74. The number of pyridine rings is 1. The van der Waals surface area contributed by atoms with Gasteiger partial charge >= 0.3 is 11.9 Å². The second kappa shape index (κ2) is 9.62. The molecule has 0 fully saturated rings. The summed E-state index contributed by atoms with van der Waals surface area (Å²) < 4.78 is 11.8. The molecule has 0 bridgehead atoms. The number of carboxylic acids is 1. The minimum atomic E-state index is -2.21. The first-order chi connectivity index (χ1) is 15.4. The van der Waals surface area contributed by atoms with Crippen LogP contribution in [0.2, 0.25) is 18.1 Å². The topological polar surface area (TPSA) is 85.7 Å². The van der Waals surface area contributed by atoms with Crippen LogP contribution in [-0.4, -0.2) is 35.9 Å². The Kier molecular flexibility index (Phi) is 7.85. The van der Waals surface area contributed by atoms with E-state index in [-0.39, 0.29) is 11.0 Å². The quantitative estimate of drug-likeness (QED) is 0.328. The molecule has 0 amide bonds. The summed E-state index contributed by atoms with van der Waals surface area (Å²) in [5.74, 6) is -1.30. The third-order valence-electron chi connectivity index (χ3n) is 7.12. The minimum absolute atomic E-state index is 0.0433. The monoisotopic (exact) mass is 485 g/mol. The van der Waals surface area contributed by atoms with Gasteiger partial charge in [0.15, 0.2) is 8.32 Å². The van der Waals surface area contributed by atoms with Gasteiger partial charge in [0.25, 0.3) is 0 Å². The Balaban J connectivity index is 2.43. The number of aromatic nitrogens is 1. The molecule has 1 N–H and O–H groups in total. The van der Waals surface area contributed by atoms with E-state index in [9.17, 15) is 14.7 Å². The first-order valence-corrected chi connectivity index (χ1v) is 14.5. The van der Waals surface area contributed by atoms with Gasteiger partial charge in [0.2, 0.25) is 0 Å². The molecular formula is C27H39NO5Si. The zero-order valence-corrected chi connectivity index (χ0v) is 23.1. The zero-order chi connectivity index (χ0) is 26.1. The molecule has 1 heterocycles. The molecule has 0 saturated heterocycles. The lowest BCUT2D eigenvalue weighted by Gasteiger charge is -2.48. The number of carbonyl (C=O) groups excluding carboxylic acids is 1. The normalized spacial score (nSPS) is 15.8. The number of esters is 1. The number of hydrogen-bond acceptors (Lipinski definition) is 5. The van der Waals surface area contributed by atoms with Gasteiger partial charge in [0, 0.05) is 12.3 Å². The highest BCUT2D eigenvalue weighted by atomic mass is 28.4. The molecule has 0 aliphatic carbocycles. The van der Waals surface area contributed by atoms with Crippen LogP contribution < -0.4 is 0 Å². The Morgan fingerprint density at radius 3 is 2.18 bits per heavy atom. The van der Waals surface area contributed by atoms with E-state index in [0.717, 1.165) is 16.5 Å². The van der Waals surface area contributed by atoms with E-state index in [0.29, 0.717) is 5.69 Å². The summed E-state index contributed by atoms with van der Waals surface area (Å²) in [6.07, 6.45) is 3.08. The van der Waals surface area contributed by atoms with Crippen LogP contribution in [0.4, 0.5) is 0 Å². The number of benzene rings is 1. The van der Waals surface area contributed by atoms with E-state index in [4.69, 9.17) is 9.16 Å². The Morgan fingerprint density at radius 2 is 1.65 bits per heavy atom. The van der Waals surface area contributed by atoms with E-state index < -0.39 is 31.4 Å². The fourth-order valence-electron chi connectivity index (χ4n) is 3.48. The van der Waals surface area contributed by atoms with Crippen molar-refractivity contribution in [3.63, 3.8) is 0 Å². The first-order valence-electron chi connectivity index (χ1n) is 11.6. The largest absolute Gasteiger partial charge is 0.481 e. The molecule has 6 nitrogen and oxygen atoms in total. The number of ether oxygens (including phenoxy) is 1. The average Bonchev–Trinajstić information content (AvgIpc) is 2.68. The summed E-state index contributed by atoms with van der Waals surface area (Å²) >= 11 is 0. The van der Waals surface area contributed by atoms with Crippen molar-refractivity contribution in [3.8, 4) is 0 Å². The highest BCUT2D eigenvalue weighted by Crippen LogP contribution is 2.45. The maximum atomic E-state index is 12.5. The number of carbonyl (C=O) groups is 2. The predicted molar refractivity (Wildman–Crippen MR) is 139 cm³/mol. The van der Waals surface area contributed by atoms with Crippen molar-refractivity contribution in [1.82, 2.24) is 4.98 Å². The van der Waals surface area contributed by atoms with Crippen LogP contribution in [0.1, 0.15) is 72.8 Å². The Bertz CT molecular complexity index is 1100. The van der Waals surface area contributed by atoms with Gasteiger partial charge in [-0.2, -0.15) is 0 Å². The number of nitrogens with zero attached hydrogens (tertiary/aromatic N) is 1. The summed E-state index contributed by atoms with van der Waals surface area (Å²) in [7, 11) is -2.21. The molecule has 2 rings (SSSR count). The number of aliphatic carboxylic acids is 1. The Labute approximate surface area is 204 Å². The lowest BCUT2D eigenvalue weighted by molar-refractivity contribution is -0.155. The molecule has 1 aromatic heterocycles. The van der Waals surface area contributed by atoms with E-state index in [1.165, 1.54) is 6.92 Å². The number of fused-ring (bicyclic) bond motifs is 1. The third kappa shape index (κ3) is 5.94. The molecule has 0 aliphatic rings. The molecule has 0 radical (unpaired) electrons. The van der Waals surface area contributed by atoms with Crippen molar-refractivity contribution >= 4 is 37.2 Å². The van der Waals surface area contributed by atoms with E-state index in [1.807, 2.05) is 50.3 Å². The van der Waals surface area contributed by atoms with Crippen molar-refractivity contribution in [2.24, 2.45) is 5.41 Å². The molecule has 186 valence electrons. The molecule has 2 aromatic rings. The molecule has 2 atom stereocenters. The Morgan fingerprint density at radius 1 is 1.06 bits per heavy atom. The minimum Gasteiger partial charge on any atom is -0.481 e. The molecule has 1 unspecified atom stereocenters. The fourth-order valence-corrected chi connectivity index (χ4v) is 5.27.